The molecule has 0 saturated carbocycles. The first kappa shape index (κ1) is 23.5. The second kappa shape index (κ2) is 8.42. The third-order valence-electron chi connectivity index (χ3n) is 4.97. The fourth-order valence-electron chi connectivity index (χ4n) is 3.35. The lowest BCUT2D eigenvalue weighted by molar-refractivity contribution is -0.138. The number of halogens is 3. The lowest BCUT2D eigenvalue weighted by atomic mass is 10.0. The molecule has 1 heterocycles. The summed E-state index contributed by atoms with van der Waals surface area (Å²) in [6, 6.07) is 9.64. The Balaban J connectivity index is 1.91. The van der Waals surface area contributed by atoms with Crippen LogP contribution in [0, 0.1) is 20.8 Å². The Labute approximate surface area is 184 Å². The van der Waals surface area contributed by atoms with E-state index < -0.39 is 27.5 Å². The summed E-state index contributed by atoms with van der Waals surface area (Å²) in [5, 5.41) is 6.68. The minimum atomic E-state index is -4.64. The van der Waals surface area contributed by atoms with Crippen LogP contribution in [0.4, 0.5) is 13.2 Å². The number of carbonyl (C=O) groups excluding carboxylic acids is 1. The molecular weight excluding hydrogens is 443 g/mol. The summed E-state index contributed by atoms with van der Waals surface area (Å²) in [6.45, 7) is 4.73. The second-order valence-corrected chi connectivity index (χ2v) is 9.63. The third-order valence-corrected chi connectivity index (χ3v) is 6.08. The van der Waals surface area contributed by atoms with Crippen molar-refractivity contribution in [2.45, 2.75) is 38.4 Å². The predicted octanol–water partition coefficient (Wildman–Crippen LogP) is 4.15. The third kappa shape index (κ3) is 5.01. The van der Waals surface area contributed by atoms with Crippen LogP contribution in [0.25, 0.3) is 5.69 Å². The Bertz CT molecular complexity index is 1300. The van der Waals surface area contributed by atoms with E-state index in [4.69, 9.17) is 0 Å². The van der Waals surface area contributed by atoms with E-state index >= 15 is 0 Å². The summed E-state index contributed by atoms with van der Waals surface area (Å²) in [6.07, 6.45) is -3.63. The van der Waals surface area contributed by atoms with E-state index in [9.17, 15) is 26.4 Å². The minimum Gasteiger partial charge on any atom is -0.348 e. The fraction of sp³-hybridized carbons (Fsp3) is 0.273. The monoisotopic (exact) mass is 465 g/mol. The van der Waals surface area contributed by atoms with Crippen molar-refractivity contribution in [1.82, 2.24) is 15.1 Å². The molecule has 0 saturated heterocycles. The Hall–Kier alpha value is -3.14. The van der Waals surface area contributed by atoms with Gasteiger partial charge in [-0.1, -0.05) is 12.1 Å². The Morgan fingerprint density at radius 1 is 1.06 bits per heavy atom. The van der Waals surface area contributed by atoms with Crippen LogP contribution in [0.2, 0.25) is 0 Å². The maximum absolute atomic E-state index is 13.7. The van der Waals surface area contributed by atoms with Crippen LogP contribution in [0.1, 0.15) is 38.4 Å². The van der Waals surface area contributed by atoms with Crippen LogP contribution in [0.15, 0.2) is 47.4 Å². The highest BCUT2D eigenvalue weighted by molar-refractivity contribution is 7.90. The molecule has 0 aliphatic heterocycles. The lowest BCUT2D eigenvalue weighted by Crippen LogP contribution is -2.25. The van der Waals surface area contributed by atoms with Crippen LogP contribution in [0.5, 0.6) is 0 Å². The van der Waals surface area contributed by atoms with Crippen LogP contribution < -0.4 is 5.32 Å². The number of rotatable bonds is 5. The van der Waals surface area contributed by atoms with Crippen molar-refractivity contribution in [3.05, 3.63) is 76.1 Å². The van der Waals surface area contributed by atoms with Gasteiger partial charge < -0.3 is 5.32 Å². The van der Waals surface area contributed by atoms with Crippen molar-refractivity contribution in [1.29, 1.82) is 0 Å². The first-order chi connectivity index (χ1) is 14.8. The number of amides is 1. The zero-order valence-electron chi connectivity index (χ0n) is 17.9. The quantitative estimate of drug-likeness (QED) is 0.614. The van der Waals surface area contributed by atoms with Crippen LogP contribution in [-0.4, -0.2) is 30.4 Å². The van der Waals surface area contributed by atoms with Crippen LogP contribution >= 0.6 is 0 Å². The van der Waals surface area contributed by atoms with Gasteiger partial charge in [0.2, 0.25) is 0 Å². The minimum absolute atomic E-state index is 0.0431. The van der Waals surface area contributed by atoms with Crippen molar-refractivity contribution in [2.24, 2.45) is 0 Å². The first-order valence-electron chi connectivity index (χ1n) is 9.60. The number of alkyl halides is 3. The summed E-state index contributed by atoms with van der Waals surface area (Å²) < 4.78 is 66.2. The van der Waals surface area contributed by atoms with Gasteiger partial charge in [0.1, 0.15) is 0 Å². The lowest BCUT2D eigenvalue weighted by Gasteiger charge is -2.16. The molecule has 10 heteroatoms. The zero-order chi connectivity index (χ0) is 23.8. The molecule has 1 amide bonds. The van der Waals surface area contributed by atoms with E-state index in [1.807, 2.05) is 0 Å². The molecule has 1 aromatic heterocycles. The molecule has 0 aliphatic carbocycles. The molecule has 0 radical (unpaired) electrons. The number of aryl methyl sites for hydroxylation is 3. The van der Waals surface area contributed by atoms with Gasteiger partial charge in [0.05, 0.1) is 21.8 Å². The van der Waals surface area contributed by atoms with E-state index in [1.165, 1.54) is 35.0 Å². The zero-order valence-corrected chi connectivity index (χ0v) is 18.7. The van der Waals surface area contributed by atoms with Gasteiger partial charge in [-0.25, -0.2) is 13.1 Å². The highest BCUT2D eigenvalue weighted by Crippen LogP contribution is 2.33. The van der Waals surface area contributed by atoms with Gasteiger partial charge in [-0.05, 0) is 62.2 Å². The highest BCUT2D eigenvalue weighted by atomic mass is 32.2. The second-order valence-electron chi connectivity index (χ2n) is 7.61. The van der Waals surface area contributed by atoms with Crippen molar-refractivity contribution in [3.63, 3.8) is 0 Å². The summed E-state index contributed by atoms with van der Waals surface area (Å²) in [5.74, 6) is -0.663. The Morgan fingerprint density at radius 3 is 2.31 bits per heavy atom. The van der Waals surface area contributed by atoms with Crippen molar-refractivity contribution < 1.29 is 26.4 Å². The normalized spacial score (nSPS) is 12.1. The van der Waals surface area contributed by atoms with E-state index in [0.717, 1.165) is 12.3 Å². The standard InChI is InChI=1S/C22H22F3N3O3S/c1-13-5-8-18(32(4,30)31)11-19(13)21(29)26-12-16-6-7-17(10-20(16)22(23,24)25)28-15(3)9-14(2)27-28/h5-11H,12H2,1-4H3,(H,26,29). The number of hydrogen-bond acceptors (Lipinski definition) is 4. The fourth-order valence-corrected chi connectivity index (χ4v) is 4.00. The molecule has 0 fully saturated rings. The number of nitrogens with one attached hydrogen (secondary N) is 1. The average molecular weight is 465 g/mol. The van der Waals surface area contributed by atoms with Crippen molar-refractivity contribution in [3.8, 4) is 5.69 Å². The summed E-state index contributed by atoms with van der Waals surface area (Å²) in [7, 11) is -3.54. The van der Waals surface area contributed by atoms with E-state index in [-0.39, 0.29) is 28.3 Å². The van der Waals surface area contributed by atoms with E-state index in [2.05, 4.69) is 10.4 Å². The molecule has 2 aromatic carbocycles. The number of carbonyl (C=O) groups is 1. The molecule has 0 spiro atoms. The average Bonchev–Trinajstić information content (AvgIpc) is 3.02. The maximum atomic E-state index is 13.7. The largest absolute Gasteiger partial charge is 0.416 e. The highest BCUT2D eigenvalue weighted by Gasteiger charge is 2.34. The van der Waals surface area contributed by atoms with Crippen molar-refractivity contribution in [2.75, 3.05) is 6.26 Å². The van der Waals surface area contributed by atoms with Gasteiger partial charge in [0.15, 0.2) is 9.84 Å². The van der Waals surface area contributed by atoms with Gasteiger partial charge in [-0.15, -0.1) is 0 Å². The number of sulfone groups is 1. The van der Waals surface area contributed by atoms with Crippen LogP contribution in [0.3, 0.4) is 0 Å². The molecule has 6 nitrogen and oxygen atoms in total. The number of benzene rings is 2. The predicted molar refractivity (Wildman–Crippen MR) is 113 cm³/mol. The maximum Gasteiger partial charge on any atom is 0.416 e. The smallest absolute Gasteiger partial charge is 0.348 e. The number of aromatic nitrogens is 2. The Morgan fingerprint density at radius 2 is 1.75 bits per heavy atom. The van der Waals surface area contributed by atoms with Crippen LogP contribution in [-0.2, 0) is 22.6 Å². The molecule has 0 unspecified atom stereocenters. The van der Waals surface area contributed by atoms with Gasteiger partial charge in [0, 0.05) is 24.1 Å². The van der Waals surface area contributed by atoms with E-state index in [0.29, 0.717) is 17.0 Å². The van der Waals surface area contributed by atoms with Gasteiger partial charge >= 0.3 is 6.18 Å². The molecule has 170 valence electrons. The molecule has 0 aliphatic rings. The van der Waals surface area contributed by atoms with Crippen molar-refractivity contribution >= 4 is 15.7 Å². The molecule has 3 aromatic rings. The molecule has 1 N–H and O–H groups in total. The molecule has 0 atom stereocenters. The van der Waals surface area contributed by atoms with Gasteiger partial charge in [0.25, 0.3) is 5.91 Å². The van der Waals surface area contributed by atoms with Gasteiger partial charge in [-0.3, -0.25) is 4.79 Å². The first-order valence-corrected chi connectivity index (χ1v) is 11.5. The molecular formula is C22H22F3N3O3S. The summed E-state index contributed by atoms with van der Waals surface area (Å²) in [5.41, 5.74) is 1.22. The molecule has 0 bridgehead atoms. The molecule has 32 heavy (non-hydrogen) atoms. The topological polar surface area (TPSA) is 81.1 Å². The Kier molecular flexibility index (Phi) is 6.19. The summed E-state index contributed by atoms with van der Waals surface area (Å²) >= 11 is 0. The van der Waals surface area contributed by atoms with E-state index in [1.54, 1.807) is 26.8 Å². The van der Waals surface area contributed by atoms with Gasteiger partial charge in [-0.2, -0.15) is 18.3 Å². The number of nitrogens with zero attached hydrogens (tertiary/aromatic N) is 2. The number of hydrogen-bond donors (Lipinski definition) is 1. The summed E-state index contributed by atoms with van der Waals surface area (Å²) in [4.78, 5) is 12.6. The SMILES string of the molecule is Cc1cc(C)n(-c2ccc(CNC(=O)c3cc(S(C)(=O)=O)ccc3C)c(C(F)(F)F)c2)n1. The molecule has 3 rings (SSSR count).